The Morgan fingerprint density at radius 2 is 2.31 bits per heavy atom. The van der Waals surface area contributed by atoms with Crippen LogP contribution in [0.15, 0.2) is 0 Å². The number of likely N-dealkylation sites (tertiary alicyclic amines) is 1. The van der Waals surface area contributed by atoms with Gasteiger partial charge in [0.05, 0.1) is 19.0 Å². The van der Waals surface area contributed by atoms with Crippen molar-refractivity contribution in [2.75, 3.05) is 26.7 Å². The van der Waals surface area contributed by atoms with Gasteiger partial charge in [0.25, 0.3) is 0 Å². The summed E-state index contributed by atoms with van der Waals surface area (Å²) in [7, 11) is 1.66. The molecule has 1 fully saturated rings. The minimum atomic E-state index is -0.0921. The molecule has 0 radical (unpaired) electrons. The van der Waals surface area contributed by atoms with Gasteiger partial charge in [-0.2, -0.15) is 5.26 Å². The molecule has 0 aromatic rings. The van der Waals surface area contributed by atoms with Gasteiger partial charge in [-0.25, -0.2) is 0 Å². The molecule has 2 amide bonds. The van der Waals surface area contributed by atoms with E-state index in [0.717, 1.165) is 12.8 Å². The molecule has 5 nitrogen and oxygen atoms in total. The summed E-state index contributed by atoms with van der Waals surface area (Å²) >= 11 is 0. The second-order valence-electron chi connectivity index (χ2n) is 4.00. The summed E-state index contributed by atoms with van der Waals surface area (Å²) in [5.74, 6) is -0.0289. The van der Waals surface area contributed by atoms with Crippen molar-refractivity contribution in [1.29, 1.82) is 5.26 Å². The number of rotatable bonds is 4. The van der Waals surface area contributed by atoms with Crippen molar-refractivity contribution in [3.05, 3.63) is 0 Å². The normalized spacial score (nSPS) is 15.8. The summed E-state index contributed by atoms with van der Waals surface area (Å²) in [6.07, 6.45) is 2.78. The van der Waals surface area contributed by atoms with Gasteiger partial charge < -0.3 is 9.80 Å². The maximum atomic E-state index is 11.7. The molecule has 0 bridgehead atoms. The monoisotopic (exact) mass is 223 g/mol. The molecule has 0 unspecified atom stereocenters. The molecule has 0 saturated carbocycles. The average molecular weight is 223 g/mol. The predicted octanol–water partition coefficient (Wildman–Crippen LogP) is 0.371. The first kappa shape index (κ1) is 12.5. The standard InChI is InChI=1S/C11H17N3O2/c1-13(7-4-6-12)11(16)9-14-8-3-2-5-10(14)15/h2-5,7-9H2,1H3. The molecule has 0 N–H and O–H groups in total. The highest BCUT2D eigenvalue weighted by Crippen LogP contribution is 2.10. The van der Waals surface area contributed by atoms with Crippen LogP contribution in [0.1, 0.15) is 25.7 Å². The fourth-order valence-electron chi connectivity index (χ4n) is 1.66. The molecular weight excluding hydrogens is 206 g/mol. The minimum Gasteiger partial charge on any atom is -0.343 e. The third-order valence-corrected chi connectivity index (χ3v) is 2.73. The van der Waals surface area contributed by atoms with E-state index in [4.69, 9.17) is 5.26 Å². The fraction of sp³-hybridized carbons (Fsp3) is 0.727. The van der Waals surface area contributed by atoms with Crippen molar-refractivity contribution in [3.8, 4) is 6.07 Å². The first-order valence-corrected chi connectivity index (χ1v) is 5.54. The highest BCUT2D eigenvalue weighted by Gasteiger charge is 2.21. The number of hydrogen-bond acceptors (Lipinski definition) is 3. The molecule has 1 heterocycles. The molecule has 0 spiro atoms. The van der Waals surface area contributed by atoms with Gasteiger partial charge in [-0.15, -0.1) is 0 Å². The lowest BCUT2D eigenvalue weighted by Gasteiger charge is -2.28. The zero-order valence-electron chi connectivity index (χ0n) is 9.61. The number of carbonyl (C=O) groups is 2. The van der Waals surface area contributed by atoms with Gasteiger partial charge in [0.1, 0.15) is 0 Å². The molecule has 88 valence electrons. The SMILES string of the molecule is CN(CCC#N)C(=O)CN1CCCCC1=O. The van der Waals surface area contributed by atoms with Crippen LogP contribution in [-0.2, 0) is 9.59 Å². The van der Waals surface area contributed by atoms with Crippen LogP contribution in [0.3, 0.4) is 0 Å². The van der Waals surface area contributed by atoms with Gasteiger partial charge in [-0.05, 0) is 12.8 Å². The second-order valence-corrected chi connectivity index (χ2v) is 4.00. The van der Waals surface area contributed by atoms with Crippen LogP contribution in [0.5, 0.6) is 0 Å². The number of nitrogens with zero attached hydrogens (tertiary/aromatic N) is 3. The first-order chi connectivity index (χ1) is 7.65. The minimum absolute atomic E-state index is 0.0632. The molecule has 16 heavy (non-hydrogen) atoms. The summed E-state index contributed by atoms with van der Waals surface area (Å²) in [6, 6.07) is 1.99. The number of piperidine rings is 1. The van der Waals surface area contributed by atoms with Gasteiger partial charge in [-0.1, -0.05) is 0 Å². The Balaban J connectivity index is 2.38. The van der Waals surface area contributed by atoms with Crippen LogP contribution in [-0.4, -0.2) is 48.3 Å². The van der Waals surface area contributed by atoms with E-state index >= 15 is 0 Å². The van der Waals surface area contributed by atoms with Gasteiger partial charge in [0, 0.05) is 26.6 Å². The van der Waals surface area contributed by atoms with Crippen LogP contribution in [0.25, 0.3) is 0 Å². The fourth-order valence-corrected chi connectivity index (χ4v) is 1.66. The van der Waals surface area contributed by atoms with Crippen molar-refractivity contribution < 1.29 is 9.59 Å². The predicted molar refractivity (Wildman–Crippen MR) is 58.3 cm³/mol. The Hall–Kier alpha value is -1.57. The summed E-state index contributed by atoms with van der Waals surface area (Å²) in [6.45, 7) is 1.26. The van der Waals surface area contributed by atoms with Crippen LogP contribution in [0, 0.1) is 11.3 Å². The average Bonchev–Trinajstić information content (AvgIpc) is 2.28. The lowest BCUT2D eigenvalue weighted by atomic mass is 10.1. The first-order valence-electron chi connectivity index (χ1n) is 5.54. The maximum absolute atomic E-state index is 11.7. The van der Waals surface area contributed by atoms with Crippen LogP contribution in [0.2, 0.25) is 0 Å². The summed E-state index contributed by atoms with van der Waals surface area (Å²) in [5.41, 5.74) is 0. The van der Waals surface area contributed by atoms with Crippen LogP contribution >= 0.6 is 0 Å². The van der Waals surface area contributed by atoms with Gasteiger partial charge in [0.2, 0.25) is 11.8 Å². The lowest BCUT2D eigenvalue weighted by molar-refractivity contribution is -0.141. The molecule has 1 rings (SSSR count). The Morgan fingerprint density at radius 1 is 1.56 bits per heavy atom. The van der Waals surface area contributed by atoms with Crippen molar-refractivity contribution >= 4 is 11.8 Å². The molecular formula is C11H17N3O2. The van der Waals surface area contributed by atoms with Crippen molar-refractivity contribution in [3.63, 3.8) is 0 Å². The zero-order valence-corrected chi connectivity index (χ0v) is 9.61. The van der Waals surface area contributed by atoms with E-state index in [-0.39, 0.29) is 18.4 Å². The van der Waals surface area contributed by atoms with Crippen LogP contribution in [0.4, 0.5) is 0 Å². The molecule has 1 aliphatic rings. The Labute approximate surface area is 95.6 Å². The topological polar surface area (TPSA) is 64.4 Å². The maximum Gasteiger partial charge on any atom is 0.241 e. The number of carbonyl (C=O) groups excluding carboxylic acids is 2. The Morgan fingerprint density at radius 3 is 2.94 bits per heavy atom. The number of hydrogen-bond donors (Lipinski definition) is 0. The van der Waals surface area contributed by atoms with Gasteiger partial charge >= 0.3 is 0 Å². The van der Waals surface area contributed by atoms with Crippen molar-refractivity contribution in [2.24, 2.45) is 0 Å². The smallest absolute Gasteiger partial charge is 0.241 e. The third kappa shape index (κ3) is 3.54. The highest BCUT2D eigenvalue weighted by atomic mass is 16.2. The summed E-state index contributed by atoms with van der Waals surface area (Å²) < 4.78 is 0. The van der Waals surface area contributed by atoms with E-state index in [1.807, 2.05) is 6.07 Å². The summed E-state index contributed by atoms with van der Waals surface area (Å²) in [5, 5.41) is 8.41. The Bertz CT molecular complexity index is 309. The van der Waals surface area contributed by atoms with E-state index < -0.39 is 0 Å². The molecule has 0 aliphatic carbocycles. The Kier molecular flexibility index (Phi) is 4.77. The lowest BCUT2D eigenvalue weighted by Crippen LogP contribution is -2.43. The molecule has 1 aliphatic heterocycles. The third-order valence-electron chi connectivity index (χ3n) is 2.73. The summed E-state index contributed by atoms with van der Waals surface area (Å²) in [4.78, 5) is 26.3. The second kappa shape index (κ2) is 6.11. The number of amides is 2. The van der Waals surface area contributed by atoms with E-state index in [9.17, 15) is 9.59 Å². The van der Waals surface area contributed by atoms with Crippen LogP contribution < -0.4 is 0 Å². The van der Waals surface area contributed by atoms with E-state index in [0.29, 0.717) is 25.9 Å². The quantitative estimate of drug-likeness (QED) is 0.691. The van der Waals surface area contributed by atoms with E-state index in [1.165, 1.54) is 4.90 Å². The zero-order chi connectivity index (χ0) is 12.0. The molecule has 0 aromatic heterocycles. The van der Waals surface area contributed by atoms with E-state index in [2.05, 4.69) is 0 Å². The molecule has 1 saturated heterocycles. The highest BCUT2D eigenvalue weighted by molar-refractivity contribution is 5.85. The van der Waals surface area contributed by atoms with Crippen molar-refractivity contribution in [1.82, 2.24) is 9.80 Å². The van der Waals surface area contributed by atoms with E-state index in [1.54, 1.807) is 11.9 Å². The van der Waals surface area contributed by atoms with Gasteiger partial charge in [0.15, 0.2) is 0 Å². The van der Waals surface area contributed by atoms with Crippen molar-refractivity contribution in [2.45, 2.75) is 25.7 Å². The number of nitriles is 1. The van der Waals surface area contributed by atoms with Gasteiger partial charge in [-0.3, -0.25) is 9.59 Å². The number of likely N-dealkylation sites (N-methyl/N-ethyl adjacent to an activating group) is 1. The largest absolute Gasteiger partial charge is 0.343 e. The molecule has 5 heteroatoms. The molecule has 0 atom stereocenters. The molecule has 0 aromatic carbocycles.